The zero-order valence-electron chi connectivity index (χ0n) is 13.4. The van der Waals surface area contributed by atoms with Crippen molar-refractivity contribution in [3.05, 3.63) is 59.1 Å². The van der Waals surface area contributed by atoms with E-state index in [4.69, 9.17) is 21.3 Å². The lowest BCUT2D eigenvalue weighted by Gasteiger charge is -2.42. The van der Waals surface area contributed by atoms with Crippen molar-refractivity contribution in [1.82, 2.24) is 5.32 Å². The SMILES string of the molecule is Clc1ccc2c(c1)N=C(NCc1ccccc1)C1(CCOCC1)N2. The summed E-state index contributed by atoms with van der Waals surface area (Å²) in [7, 11) is 0. The van der Waals surface area contributed by atoms with Gasteiger partial charge in [-0.25, -0.2) is 4.99 Å². The zero-order valence-corrected chi connectivity index (χ0v) is 14.1. The van der Waals surface area contributed by atoms with Crippen molar-refractivity contribution in [2.45, 2.75) is 24.9 Å². The van der Waals surface area contributed by atoms with Crippen LogP contribution in [0.15, 0.2) is 53.5 Å². The normalized spacial score (nSPS) is 18.5. The largest absolute Gasteiger partial charge is 0.381 e. The third kappa shape index (κ3) is 2.99. The van der Waals surface area contributed by atoms with Gasteiger partial charge >= 0.3 is 0 Å². The molecule has 24 heavy (non-hydrogen) atoms. The lowest BCUT2D eigenvalue weighted by atomic mass is 9.86. The Bertz CT molecular complexity index is 754. The Balaban J connectivity index is 1.65. The maximum absolute atomic E-state index is 6.14. The second-order valence-corrected chi connectivity index (χ2v) is 6.72. The molecule has 2 aliphatic rings. The van der Waals surface area contributed by atoms with Crippen molar-refractivity contribution >= 4 is 28.8 Å². The number of benzene rings is 2. The first-order chi connectivity index (χ1) is 11.8. The second kappa shape index (κ2) is 6.46. The molecule has 0 aromatic heterocycles. The first-order valence-corrected chi connectivity index (χ1v) is 8.65. The summed E-state index contributed by atoms with van der Waals surface area (Å²) >= 11 is 6.14. The fourth-order valence-corrected chi connectivity index (χ4v) is 3.49. The Morgan fingerprint density at radius 1 is 1.12 bits per heavy atom. The number of anilines is 1. The maximum atomic E-state index is 6.14. The third-order valence-electron chi connectivity index (χ3n) is 4.67. The maximum Gasteiger partial charge on any atom is 0.129 e. The highest BCUT2D eigenvalue weighted by atomic mass is 35.5. The van der Waals surface area contributed by atoms with Gasteiger partial charge < -0.3 is 15.4 Å². The molecular weight excluding hydrogens is 322 g/mol. The molecular formula is C19H20ClN3O. The summed E-state index contributed by atoms with van der Waals surface area (Å²) in [6.45, 7) is 2.23. The van der Waals surface area contributed by atoms with E-state index < -0.39 is 0 Å². The van der Waals surface area contributed by atoms with Crippen molar-refractivity contribution in [1.29, 1.82) is 0 Å². The van der Waals surface area contributed by atoms with E-state index in [1.807, 2.05) is 24.3 Å². The van der Waals surface area contributed by atoms with Crippen LogP contribution in [-0.2, 0) is 11.3 Å². The van der Waals surface area contributed by atoms with Crippen molar-refractivity contribution in [2.75, 3.05) is 18.5 Å². The molecule has 0 aliphatic carbocycles. The van der Waals surface area contributed by atoms with Crippen LogP contribution in [0, 0.1) is 0 Å². The minimum absolute atomic E-state index is 0.187. The summed E-state index contributed by atoms with van der Waals surface area (Å²) in [5.41, 5.74) is 2.97. The van der Waals surface area contributed by atoms with Gasteiger partial charge in [-0.3, -0.25) is 0 Å². The minimum atomic E-state index is -0.187. The van der Waals surface area contributed by atoms with Crippen molar-refractivity contribution < 1.29 is 4.74 Å². The first-order valence-electron chi connectivity index (χ1n) is 8.28. The first kappa shape index (κ1) is 15.5. The molecule has 5 heteroatoms. The van der Waals surface area contributed by atoms with Gasteiger partial charge in [0.25, 0.3) is 0 Å². The minimum Gasteiger partial charge on any atom is -0.381 e. The molecule has 0 atom stereocenters. The van der Waals surface area contributed by atoms with Gasteiger partial charge in [0, 0.05) is 37.6 Å². The lowest BCUT2D eigenvalue weighted by Crippen LogP contribution is -2.56. The van der Waals surface area contributed by atoms with E-state index in [9.17, 15) is 0 Å². The van der Waals surface area contributed by atoms with Crippen LogP contribution < -0.4 is 10.6 Å². The number of hydrogen-bond donors (Lipinski definition) is 2. The molecule has 2 N–H and O–H groups in total. The van der Waals surface area contributed by atoms with E-state index in [1.54, 1.807) is 0 Å². The molecule has 2 aromatic rings. The van der Waals surface area contributed by atoms with Crippen LogP contribution in [0.4, 0.5) is 11.4 Å². The molecule has 2 heterocycles. The molecule has 0 radical (unpaired) electrons. The zero-order chi connectivity index (χ0) is 16.4. The van der Waals surface area contributed by atoms with Gasteiger partial charge in [-0.1, -0.05) is 41.9 Å². The van der Waals surface area contributed by atoms with E-state index in [1.165, 1.54) is 5.56 Å². The third-order valence-corrected chi connectivity index (χ3v) is 4.90. The van der Waals surface area contributed by atoms with Crippen molar-refractivity contribution in [3.8, 4) is 0 Å². The Morgan fingerprint density at radius 2 is 1.92 bits per heavy atom. The Labute approximate surface area is 146 Å². The molecule has 4 nitrogen and oxygen atoms in total. The van der Waals surface area contributed by atoms with Crippen LogP contribution in [0.2, 0.25) is 5.02 Å². The van der Waals surface area contributed by atoms with E-state index in [-0.39, 0.29) is 5.54 Å². The molecule has 124 valence electrons. The van der Waals surface area contributed by atoms with Crippen molar-refractivity contribution in [2.24, 2.45) is 4.99 Å². The molecule has 2 aliphatic heterocycles. The van der Waals surface area contributed by atoms with Crippen LogP contribution >= 0.6 is 11.6 Å². The van der Waals surface area contributed by atoms with Crippen LogP contribution in [0.5, 0.6) is 0 Å². The summed E-state index contributed by atoms with van der Waals surface area (Å²) in [5, 5.41) is 7.94. The molecule has 2 aromatic carbocycles. The molecule has 0 bridgehead atoms. The number of fused-ring (bicyclic) bond motifs is 1. The summed E-state index contributed by atoms with van der Waals surface area (Å²) in [4.78, 5) is 4.90. The van der Waals surface area contributed by atoms with Gasteiger partial charge in [-0.2, -0.15) is 0 Å². The van der Waals surface area contributed by atoms with Gasteiger partial charge in [-0.15, -0.1) is 0 Å². The number of nitrogens with one attached hydrogen (secondary N) is 2. The Kier molecular flexibility index (Phi) is 4.17. The summed E-state index contributed by atoms with van der Waals surface area (Å²) in [5.74, 6) is 0.976. The molecule has 1 fully saturated rings. The highest BCUT2D eigenvalue weighted by molar-refractivity contribution is 6.31. The number of halogens is 1. The van der Waals surface area contributed by atoms with Crippen molar-refractivity contribution in [3.63, 3.8) is 0 Å². The van der Waals surface area contributed by atoms with E-state index in [0.717, 1.165) is 49.8 Å². The highest BCUT2D eigenvalue weighted by Crippen LogP contribution is 2.39. The van der Waals surface area contributed by atoms with Gasteiger partial charge in [0.05, 0.1) is 16.9 Å². The fraction of sp³-hybridized carbons (Fsp3) is 0.316. The molecule has 0 saturated carbocycles. The van der Waals surface area contributed by atoms with Crippen LogP contribution in [0.25, 0.3) is 0 Å². The summed E-state index contributed by atoms with van der Waals surface area (Å²) in [6.07, 6.45) is 1.80. The number of rotatable bonds is 2. The van der Waals surface area contributed by atoms with Crippen LogP contribution in [-0.4, -0.2) is 24.6 Å². The lowest BCUT2D eigenvalue weighted by molar-refractivity contribution is 0.0771. The standard InChI is InChI=1S/C19H20ClN3O/c20-15-6-7-16-17(12-15)22-18(19(23-16)8-10-24-11-9-19)21-13-14-4-2-1-3-5-14/h1-7,12,23H,8-11,13H2,(H,21,22). The monoisotopic (exact) mass is 341 g/mol. The fourth-order valence-electron chi connectivity index (χ4n) is 3.32. The van der Waals surface area contributed by atoms with E-state index >= 15 is 0 Å². The number of hydrogen-bond acceptors (Lipinski definition) is 4. The molecule has 1 spiro atoms. The topological polar surface area (TPSA) is 45.7 Å². The number of ether oxygens (including phenoxy) is 1. The highest BCUT2D eigenvalue weighted by Gasteiger charge is 2.40. The van der Waals surface area contributed by atoms with Crippen LogP contribution in [0.3, 0.4) is 0 Å². The average Bonchev–Trinajstić information content (AvgIpc) is 2.62. The molecule has 0 unspecified atom stereocenters. The number of nitrogens with zero attached hydrogens (tertiary/aromatic N) is 1. The van der Waals surface area contributed by atoms with Gasteiger partial charge in [0.15, 0.2) is 0 Å². The predicted molar refractivity (Wildman–Crippen MR) is 98.2 cm³/mol. The average molecular weight is 342 g/mol. The summed E-state index contributed by atoms with van der Waals surface area (Å²) in [6, 6.07) is 16.2. The quantitative estimate of drug-likeness (QED) is 0.863. The molecule has 0 amide bonds. The van der Waals surface area contributed by atoms with Crippen LogP contribution in [0.1, 0.15) is 18.4 Å². The van der Waals surface area contributed by atoms with Gasteiger partial charge in [-0.05, 0) is 23.8 Å². The molecule has 1 saturated heterocycles. The Hall–Kier alpha value is -2.04. The summed E-state index contributed by atoms with van der Waals surface area (Å²) < 4.78 is 5.57. The van der Waals surface area contributed by atoms with Gasteiger partial charge in [0.2, 0.25) is 0 Å². The molecule has 4 rings (SSSR count). The second-order valence-electron chi connectivity index (χ2n) is 6.28. The number of amidine groups is 1. The van der Waals surface area contributed by atoms with E-state index in [0.29, 0.717) is 5.02 Å². The van der Waals surface area contributed by atoms with E-state index in [2.05, 4.69) is 34.9 Å². The predicted octanol–water partition coefficient (Wildman–Crippen LogP) is 4.13. The van der Waals surface area contributed by atoms with Gasteiger partial charge in [0.1, 0.15) is 5.84 Å². The Morgan fingerprint density at radius 3 is 2.71 bits per heavy atom. The number of aliphatic imine (C=N–C) groups is 1. The smallest absolute Gasteiger partial charge is 0.129 e.